The molecule has 5 heterocycles. The summed E-state index contributed by atoms with van der Waals surface area (Å²) in [7, 11) is 3.57. The van der Waals surface area contributed by atoms with Crippen molar-refractivity contribution in [1.29, 1.82) is 0 Å². The normalized spacial score (nSPS) is 21.0. The molecule has 0 aliphatic carbocycles. The molecule has 0 radical (unpaired) electrons. The highest BCUT2D eigenvalue weighted by atomic mass is 16.5. The molecule has 1 N–H and O–H groups in total. The molecule has 0 saturated carbocycles. The summed E-state index contributed by atoms with van der Waals surface area (Å²) in [5, 5.41) is 11.1. The SMILES string of the molecule is COCC1CN(C(=O)C2CCN(c3ccnc4c3c(C=C3Oc5cccc(O)c5C3=O)cn4C)CC2)CCO1. The average molecular weight is 533 g/mol. The van der Waals surface area contributed by atoms with Crippen molar-refractivity contribution in [2.75, 3.05) is 51.4 Å². The lowest BCUT2D eigenvalue weighted by Gasteiger charge is -2.38. The van der Waals surface area contributed by atoms with E-state index in [0.29, 0.717) is 32.1 Å². The van der Waals surface area contributed by atoms with Gasteiger partial charge < -0.3 is 33.7 Å². The zero-order valence-corrected chi connectivity index (χ0v) is 22.1. The first-order chi connectivity index (χ1) is 18.9. The number of anilines is 1. The second-order valence-corrected chi connectivity index (χ2v) is 10.3. The summed E-state index contributed by atoms with van der Waals surface area (Å²) >= 11 is 0. The summed E-state index contributed by atoms with van der Waals surface area (Å²) in [6, 6.07) is 6.79. The fraction of sp³-hybridized carbons (Fsp3) is 0.414. The van der Waals surface area contributed by atoms with Crippen LogP contribution in [0.4, 0.5) is 5.69 Å². The third-order valence-corrected chi connectivity index (χ3v) is 7.81. The van der Waals surface area contributed by atoms with E-state index in [2.05, 4.69) is 9.88 Å². The number of phenolic OH excluding ortho intramolecular Hbond substituents is 1. The van der Waals surface area contributed by atoms with Gasteiger partial charge in [-0.15, -0.1) is 0 Å². The number of rotatable bonds is 5. The molecule has 1 atom stereocenters. The predicted octanol–water partition coefficient (Wildman–Crippen LogP) is 2.99. The van der Waals surface area contributed by atoms with Crippen LogP contribution in [0.2, 0.25) is 0 Å². The summed E-state index contributed by atoms with van der Waals surface area (Å²) in [6.07, 6.45) is 6.89. The van der Waals surface area contributed by atoms with E-state index in [0.717, 1.165) is 48.2 Å². The van der Waals surface area contributed by atoms with Gasteiger partial charge in [0.05, 0.1) is 19.3 Å². The van der Waals surface area contributed by atoms with Gasteiger partial charge >= 0.3 is 0 Å². The number of Topliss-reactive ketones (excluding diaryl/α,β-unsaturated/α-hetero) is 1. The van der Waals surface area contributed by atoms with Crippen molar-refractivity contribution >= 4 is 34.5 Å². The van der Waals surface area contributed by atoms with Gasteiger partial charge in [-0.3, -0.25) is 9.59 Å². The van der Waals surface area contributed by atoms with Crippen molar-refractivity contribution in [3.05, 3.63) is 53.5 Å². The summed E-state index contributed by atoms with van der Waals surface area (Å²) in [5.41, 5.74) is 2.79. The Balaban J connectivity index is 1.22. The Morgan fingerprint density at radius 1 is 1.23 bits per heavy atom. The van der Waals surface area contributed by atoms with E-state index < -0.39 is 0 Å². The Labute approximate surface area is 226 Å². The number of hydrogen-bond donors (Lipinski definition) is 1. The Hall–Kier alpha value is -3.89. The summed E-state index contributed by atoms with van der Waals surface area (Å²) in [4.78, 5) is 35.1. The number of aryl methyl sites for hydroxylation is 1. The van der Waals surface area contributed by atoms with E-state index in [1.54, 1.807) is 31.5 Å². The largest absolute Gasteiger partial charge is 0.507 e. The van der Waals surface area contributed by atoms with E-state index in [1.807, 2.05) is 28.8 Å². The number of carbonyl (C=O) groups is 2. The van der Waals surface area contributed by atoms with Crippen LogP contribution in [0.1, 0.15) is 28.8 Å². The second-order valence-electron chi connectivity index (χ2n) is 10.3. The Kier molecular flexibility index (Phi) is 6.74. The van der Waals surface area contributed by atoms with Gasteiger partial charge in [-0.25, -0.2) is 4.98 Å². The molecule has 3 aliphatic heterocycles. The molecule has 1 aromatic carbocycles. The number of carbonyl (C=O) groups excluding carboxylic acids is 2. The number of ether oxygens (including phenoxy) is 3. The number of amides is 1. The van der Waals surface area contributed by atoms with Crippen molar-refractivity contribution < 1.29 is 28.9 Å². The Bertz CT molecular complexity index is 1450. The number of aromatic nitrogens is 2. The number of piperidine rings is 1. The molecule has 39 heavy (non-hydrogen) atoms. The van der Waals surface area contributed by atoms with Gasteiger partial charge in [0.1, 0.15) is 22.7 Å². The van der Waals surface area contributed by atoms with Gasteiger partial charge in [0, 0.05) is 75.3 Å². The van der Waals surface area contributed by atoms with Gasteiger partial charge in [0.25, 0.3) is 0 Å². The first kappa shape index (κ1) is 25.4. The fourth-order valence-corrected chi connectivity index (χ4v) is 5.88. The van der Waals surface area contributed by atoms with E-state index in [9.17, 15) is 14.7 Å². The number of methoxy groups -OCH3 is 1. The lowest BCUT2D eigenvalue weighted by molar-refractivity contribution is -0.145. The first-order valence-electron chi connectivity index (χ1n) is 13.3. The highest BCUT2D eigenvalue weighted by Gasteiger charge is 2.33. The highest BCUT2D eigenvalue weighted by Crippen LogP contribution is 2.39. The van der Waals surface area contributed by atoms with Crippen LogP contribution in [-0.4, -0.2) is 83.9 Å². The molecule has 2 fully saturated rings. The van der Waals surface area contributed by atoms with Crippen LogP contribution in [0.25, 0.3) is 17.1 Å². The van der Waals surface area contributed by atoms with Crippen LogP contribution in [0.15, 0.2) is 42.4 Å². The molecule has 10 heteroatoms. The zero-order valence-electron chi connectivity index (χ0n) is 22.1. The van der Waals surface area contributed by atoms with E-state index >= 15 is 0 Å². The minimum atomic E-state index is -0.347. The molecule has 1 unspecified atom stereocenters. The highest BCUT2D eigenvalue weighted by molar-refractivity contribution is 6.17. The number of allylic oxidation sites excluding steroid dienone is 1. The topological polar surface area (TPSA) is 106 Å². The molecular weight excluding hydrogens is 500 g/mol. The van der Waals surface area contributed by atoms with Crippen LogP contribution >= 0.6 is 0 Å². The number of aromatic hydroxyl groups is 1. The number of morpholine rings is 1. The van der Waals surface area contributed by atoms with Crippen LogP contribution in [-0.2, 0) is 21.3 Å². The lowest BCUT2D eigenvalue weighted by Crippen LogP contribution is -2.50. The molecule has 3 aliphatic rings. The third-order valence-electron chi connectivity index (χ3n) is 7.81. The average Bonchev–Trinajstić information content (AvgIpc) is 3.45. The molecule has 0 spiro atoms. The van der Waals surface area contributed by atoms with Gasteiger partial charge in [0.15, 0.2) is 5.76 Å². The van der Waals surface area contributed by atoms with Crippen molar-refractivity contribution in [3.8, 4) is 11.5 Å². The molecule has 2 aromatic heterocycles. The second kappa shape index (κ2) is 10.3. The molecule has 2 saturated heterocycles. The molecule has 1 amide bonds. The minimum absolute atomic E-state index is 0.0204. The van der Waals surface area contributed by atoms with Gasteiger partial charge in [-0.2, -0.15) is 0 Å². The number of fused-ring (bicyclic) bond motifs is 2. The molecule has 0 bridgehead atoms. The zero-order chi connectivity index (χ0) is 27.1. The number of phenols is 1. The van der Waals surface area contributed by atoms with Crippen LogP contribution in [0.5, 0.6) is 11.5 Å². The quantitative estimate of drug-likeness (QED) is 0.500. The number of nitrogens with zero attached hydrogens (tertiary/aromatic N) is 4. The summed E-state index contributed by atoms with van der Waals surface area (Å²) < 4.78 is 18.7. The standard InChI is InChI=1S/C29H32N4O6/c1-31-15-19(14-24-27(35)26-22(34)4-3-5-23(26)39-24)25-21(6-9-30-28(25)31)32-10-7-18(8-11-32)29(36)33-12-13-38-20(16-33)17-37-2/h3-6,9,14-15,18,20,34H,7-8,10-13,16-17H2,1-2H3. The smallest absolute Gasteiger partial charge is 0.235 e. The monoisotopic (exact) mass is 532 g/mol. The molecule has 3 aromatic rings. The predicted molar refractivity (Wildman–Crippen MR) is 145 cm³/mol. The Morgan fingerprint density at radius 2 is 2.05 bits per heavy atom. The minimum Gasteiger partial charge on any atom is -0.507 e. The van der Waals surface area contributed by atoms with Gasteiger partial charge in [-0.05, 0) is 37.1 Å². The van der Waals surface area contributed by atoms with Crippen LogP contribution in [0, 0.1) is 5.92 Å². The number of ketones is 1. The van der Waals surface area contributed by atoms with Crippen LogP contribution in [0.3, 0.4) is 0 Å². The van der Waals surface area contributed by atoms with Crippen molar-refractivity contribution in [2.24, 2.45) is 13.0 Å². The Morgan fingerprint density at radius 3 is 2.82 bits per heavy atom. The molecule has 6 rings (SSSR count). The van der Waals surface area contributed by atoms with Crippen molar-refractivity contribution in [1.82, 2.24) is 14.5 Å². The maximum Gasteiger partial charge on any atom is 0.235 e. The number of benzene rings is 1. The summed E-state index contributed by atoms with van der Waals surface area (Å²) in [6.45, 7) is 3.69. The van der Waals surface area contributed by atoms with E-state index in [4.69, 9.17) is 14.2 Å². The third kappa shape index (κ3) is 4.63. The maximum atomic E-state index is 13.3. The maximum absolute atomic E-state index is 13.3. The van der Waals surface area contributed by atoms with Crippen molar-refractivity contribution in [3.63, 3.8) is 0 Å². The molecule has 204 valence electrons. The van der Waals surface area contributed by atoms with Gasteiger partial charge in [-0.1, -0.05) is 6.07 Å². The fourth-order valence-electron chi connectivity index (χ4n) is 5.88. The van der Waals surface area contributed by atoms with Gasteiger partial charge in [0.2, 0.25) is 11.7 Å². The van der Waals surface area contributed by atoms with Crippen molar-refractivity contribution in [2.45, 2.75) is 18.9 Å². The number of hydrogen-bond acceptors (Lipinski definition) is 8. The molecular formula is C29H32N4O6. The summed E-state index contributed by atoms with van der Waals surface area (Å²) in [5.74, 6) is 0.253. The van der Waals surface area contributed by atoms with Crippen LogP contribution < -0.4 is 9.64 Å². The lowest BCUT2D eigenvalue weighted by atomic mass is 9.94. The van der Waals surface area contributed by atoms with E-state index in [1.165, 1.54) is 6.07 Å². The van der Waals surface area contributed by atoms with E-state index in [-0.39, 0.29) is 40.8 Å². The molecule has 10 nitrogen and oxygen atoms in total. The first-order valence-corrected chi connectivity index (χ1v) is 13.3. The number of pyridine rings is 1.